The number of nitrogens with one attached hydrogen (secondary N) is 1. The second-order valence-corrected chi connectivity index (χ2v) is 4.06. The van der Waals surface area contributed by atoms with Crippen LogP contribution in [0.5, 0.6) is 0 Å². The van der Waals surface area contributed by atoms with E-state index in [1.54, 1.807) is 12.1 Å². The monoisotopic (exact) mass is 222 g/mol. The van der Waals surface area contributed by atoms with Crippen LogP contribution in [-0.4, -0.2) is 11.9 Å². The molecular weight excluding hydrogens is 207 g/mol. The number of ether oxygens (including phenoxy) is 1. The van der Waals surface area contributed by atoms with Crippen LogP contribution in [0.3, 0.4) is 0 Å². The summed E-state index contributed by atoms with van der Waals surface area (Å²) in [6, 6.07) is 4.87. The van der Waals surface area contributed by atoms with Crippen molar-refractivity contribution in [3.63, 3.8) is 0 Å². The van der Waals surface area contributed by atoms with Crippen LogP contribution in [0.1, 0.15) is 30.4 Å². The van der Waals surface area contributed by atoms with Crippen LogP contribution in [0, 0.1) is 11.2 Å². The fourth-order valence-electron chi connectivity index (χ4n) is 1.64. The summed E-state index contributed by atoms with van der Waals surface area (Å²) in [4.78, 5) is 0. The first-order valence-electron chi connectivity index (χ1n) is 5.42. The van der Waals surface area contributed by atoms with E-state index in [0.717, 1.165) is 12.8 Å². The Balaban J connectivity index is 2.07. The highest BCUT2D eigenvalue weighted by atomic mass is 19.1. The summed E-state index contributed by atoms with van der Waals surface area (Å²) in [6.07, 6.45) is 3.60. The van der Waals surface area contributed by atoms with E-state index in [2.05, 4.69) is 0 Å². The van der Waals surface area contributed by atoms with Gasteiger partial charge >= 0.3 is 0 Å². The zero-order valence-corrected chi connectivity index (χ0v) is 9.00. The molecule has 16 heavy (non-hydrogen) atoms. The molecule has 3 nitrogen and oxygen atoms in total. The molecule has 0 amide bonds. The average molecular weight is 222 g/mol. The van der Waals surface area contributed by atoms with E-state index in [1.807, 2.05) is 0 Å². The number of nitrogen functional groups attached to an aromatic ring is 1. The minimum Gasteiger partial charge on any atom is -0.384 e. The third-order valence-corrected chi connectivity index (χ3v) is 2.90. The molecule has 0 atom stereocenters. The predicted octanol–water partition coefficient (Wildman–Crippen LogP) is 2.18. The van der Waals surface area contributed by atoms with Gasteiger partial charge in [-0.1, -0.05) is 12.1 Å². The molecule has 1 fully saturated rings. The minimum atomic E-state index is -0.436. The summed E-state index contributed by atoms with van der Waals surface area (Å²) in [6.45, 7) is 0.262. The van der Waals surface area contributed by atoms with Crippen LogP contribution in [0.4, 0.5) is 4.39 Å². The van der Waals surface area contributed by atoms with Gasteiger partial charge in [-0.3, -0.25) is 5.41 Å². The summed E-state index contributed by atoms with van der Waals surface area (Å²) < 4.78 is 19.3. The lowest BCUT2D eigenvalue weighted by Crippen LogP contribution is -2.22. The Morgan fingerprint density at radius 1 is 1.50 bits per heavy atom. The van der Waals surface area contributed by atoms with Crippen molar-refractivity contribution >= 4 is 5.84 Å². The van der Waals surface area contributed by atoms with Gasteiger partial charge in [0.1, 0.15) is 11.7 Å². The summed E-state index contributed by atoms with van der Waals surface area (Å²) in [7, 11) is 0. The molecule has 0 aliphatic heterocycles. The Bertz CT molecular complexity index is 402. The summed E-state index contributed by atoms with van der Waals surface area (Å²) in [5.41, 5.74) is 5.90. The topological polar surface area (TPSA) is 59.1 Å². The fourth-order valence-corrected chi connectivity index (χ4v) is 1.64. The van der Waals surface area contributed by atoms with Crippen LogP contribution < -0.4 is 5.73 Å². The lowest BCUT2D eigenvalue weighted by molar-refractivity contribution is -0.00976. The van der Waals surface area contributed by atoms with Crippen molar-refractivity contribution in [1.29, 1.82) is 5.41 Å². The third kappa shape index (κ3) is 2.22. The molecule has 1 aromatic rings. The van der Waals surface area contributed by atoms with E-state index in [0.29, 0.717) is 5.56 Å². The van der Waals surface area contributed by atoms with Crippen molar-refractivity contribution in [1.82, 2.24) is 0 Å². The molecule has 4 heteroatoms. The van der Waals surface area contributed by atoms with Gasteiger partial charge in [0, 0.05) is 5.56 Å². The Hall–Kier alpha value is -1.42. The number of hydrogen-bond acceptors (Lipinski definition) is 2. The molecule has 0 saturated heterocycles. The summed E-state index contributed by atoms with van der Waals surface area (Å²) in [5.74, 6) is -0.683. The first kappa shape index (κ1) is 11.1. The van der Waals surface area contributed by atoms with E-state index in [9.17, 15) is 4.39 Å². The average Bonchev–Trinajstić information content (AvgIpc) is 2.17. The smallest absolute Gasteiger partial charge is 0.139 e. The van der Waals surface area contributed by atoms with Crippen molar-refractivity contribution in [2.45, 2.75) is 32.0 Å². The first-order valence-corrected chi connectivity index (χ1v) is 5.42. The zero-order valence-electron chi connectivity index (χ0n) is 9.00. The number of rotatable bonds is 4. The number of benzene rings is 1. The Labute approximate surface area is 93.9 Å². The van der Waals surface area contributed by atoms with Crippen LogP contribution in [0.2, 0.25) is 0 Å². The highest BCUT2D eigenvalue weighted by molar-refractivity contribution is 5.95. The van der Waals surface area contributed by atoms with Crippen molar-refractivity contribution < 1.29 is 9.13 Å². The molecule has 1 aromatic carbocycles. The molecule has 0 spiro atoms. The van der Waals surface area contributed by atoms with Gasteiger partial charge in [0.05, 0.1) is 18.3 Å². The molecule has 0 aromatic heterocycles. The lowest BCUT2D eigenvalue weighted by atomic mass is 9.96. The molecule has 2 rings (SSSR count). The van der Waals surface area contributed by atoms with Gasteiger partial charge in [0.25, 0.3) is 0 Å². The zero-order chi connectivity index (χ0) is 11.5. The van der Waals surface area contributed by atoms with Gasteiger partial charge in [-0.15, -0.1) is 0 Å². The highest BCUT2D eigenvalue weighted by Gasteiger charge is 2.19. The quantitative estimate of drug-likeness (QED) is 0.606. The van der Waals surface area contributed by atoms with Crippen LogP contribution >= 0.6 is 0 Å². The van der Waals surface area contributed by atoms with Crippen molar-refractivity contribution in [3.05, 3.63) is 35.1 Å². The van der Waals surface area contributed by atoms with Crippen molar-refractivity contribution in [2.75, 3.05) is 0 Å². The van der Waals surface area contributed by atoms with Crippen molar-refractivity contribution in [2.24, 2.45) is 5.73 Å². The van der Waals surface area contributed by atoms with Crippen LogP contribution in [0.25, 0.3) is 0 Å². The van der Waals surface area contributed by atoms with Gasteiger partial charge in [0.15, 0.2) is 0 Å². The maximum atomic E-state index is 13.8. The molecule has 1 aliphatic carbocycles. The molecule has 0 heterocycles. The first-order chi connectivity index (χ1) is 7.68. The van der Waals surface area contributed by atoms with E-state index in [-0.39, 0.29) is 24.1 Å². The van der Waals surface area contributed by atoms with Crippen LogP contribution in [0.15, 0.2) is 18.2 Å². The SMILES string of the molecule is N=C(N)c1cccc(COC2CCC2)c1F. The third-order valence-electron chi connectivity index (χ3n) is 2.90. The maximum absolute atomic E-state index is 13.8. The lowest BCUT2D eigenvalue weighted by Gasteiger charge is -2.25. The van der Waals surface area contributed by atoms with E-state index < -0.39 is 5.82 Å². The van der Waals surface area contributed by atoms with Gasteiger partial charge in [-0.05, 0) is 25.3 Å². The second-order valence-electron chi connectivity index (χ2n) is 4.06. The van der Waals surface area contributed by atoms with Gasteiger partial charge in [-0.25, -0.2) is 4.39 Å². The standard InChI is InChI=1S/C12H15FN2O/c13-11-8(7-16-9-4-2-5-9)3-1-6-10(11)12(14)15/h1,3,6,9H,2,4-5,7H2,(H3,14,15). The molecule has 0 bridgehead atoms. The molecule has 1 saturated carbocycles. The number of nitrogens with two attached hydrogens (primary N) is 1. The number of amidine groups is 1. The number of halogens is 1. The largest absolute Gasteiger partial charge is 0.384 e. The van der Waals surface area contributed by atoms with Gasteiger partial charge in [-0.2, -0.15) is 0 Å². The van der Waals surface area contributed by atoms with E-state index >= 15 is 0 Å². The Kier molecular flexibility index (Phi) is 3.19. The fraction of sp³-hybridized carbons (Fsp3) is 0.417. The van der Waals surface area contributed by atoms with E-state index in [1.165, 1.54) is 12.5 Å². The van der Waals surface area contributed by atoms with E-state index in [4.69, 9.17) is 15.9 Å². The molecular formula is C12H15FN2O. The molecule has 86 valence electrons. The van der Waals surface area contributed by atoms with Crippen LogP contribution in [-0.2, 0) is 11.3 Å². The predicted molar refractivity (Wildman–Crippen MR) is 59.8 cm³/mol. The normalized spacial score (nSPS) is 15.8. The molecule has 3 N–H and O–H groups in total. The minimum absolute atomic E-state index is 0.148. The second kappa shape index (κ2) is 4.61. The maximum Gasteiger partial charge on any atom is 0.139 e. The summed E-state index contributed by atoms with van der Waals surface area (Å²) in [5, 5.41) is 7.23. The van der Waals surface area contributed by atoms with Gasteiger partial charge in [0.2, 0.25) is 0 Å². The van der Waals surface area contributed by atoms with Crippen molar-refractivity contribution in [3.8, 4) is 0 Å². The molecule has 0 radical (unpaired) electrons. The summed E-state index contributed by atoms with van der Waals surface area (Å²) >= 11 is 0. The number of hydrogen-bond donors (Lipinski definition) is 2. The Morgan fingerprint density at radius 2 is 2.25 bits per heavy atom. The molecule has 0 unspecified atom stereocenters. The highest BCUT2D eigenvalue weighted by Crippen LogP contribution is 2.24. The van der Waals surface area contributed by atoms with Gasteiger partial charge < -0.3 is 10.5 Å². The molecule has 1 aliphatic rings. The Morgan fingerprint density at radius 3 is 2.81 bits per heavy atom.